The molecule has 1 atom stereocenters. The number of halogens is 1. The zero-order chi connectivity index (χ0) is 16.1. The molecule has 0 aliphatic carbocycles. The Labute approximate surface area is 147 Å². The molecule has 0 radical (unpaired) electrons. The fraction of sp³-hybridized carbons (Fsp3) is 0.562. The zero-order valence-electron chi connectivity index (χ0n) is 13.8. The molecule has 1 saturated heterocycles. The molecule has 3 rings (SSSR count). The summed E-state index contributed by atoms with van der Waals surface area (Å²) in [7, 11) is 1.59. The molecule has 1 unspecified atom stereocenters. The van der Waals surface area contributed by atoms with Gasteiger partial charge in [0.1, 0.15) is 0 Å². The molecule has 0 aromatic carbocycles. The first-order valence-electron chi connectivity index (χ1n) is 8.07. The molecule has 2 aromatic heterocycles. The average molecular weight is 354 g/mol. The van der Waals surface area contributed by atoms with E-state index in [4.69, 9.17) is 9.84 Å². The van der Waals surface area contributed by atoms with Gasteiger partial charge in [0.2, 0.25) is 5.91 Å². The van der Waals surface area contributed by atoms with E-state index in [9.17, 15) is 4.79 Å². The Morgan fingerprint density at radius 3 is 3.17 bits per heavy atom. The molecule has 132 valence electrons. The lowest BCUT2D eigenvalue weighted by Crippen LogP contribution is -2.28. The summed E-state index contributed by atoms with van der Waals surface area (Å²) in [6.07, 6.45) is 3.27. The number of rotatable bonds is 7. The molecule has 3 heterocycles. The van der Waals surface area contributed by atoms with E-state index in [0.717, 1.165) is 36.2 Å². The molecule has 0 spiro atoms. The Balaban J connectivity index is 0.00000208. The van der Waals surface area contributed by atoms with E-state index in [-0.39, 0.29) is 18.3 Å². The fourth-order valence-electron chi connectivity index (χ4n) is 2.96. The predicted molar refractivity (Wildman–Crippen MR) is 94.5 cm³/mol. The van der Waals surface area contributed by atoms with Crippen molar-refractivity contribution in [2.24, 2.45) is 0 Å². The Morgan fingerprint density at radius 2 is 2.42 bits per heavy atom. The van der Waals surface area contributed by atoms with Gasteiger partial charge in [-0.05, 0) is 25.1 Å². The molecule has 0 bridgehead atoms. The molecule has 8 heteroatoms. The monoisotopic (exact) mass is 353 g/mol. The summed E-state index contributed by atoms with van der Waals surface area (Å²) < 4.78 is 6.80. The first-order valence-corrected chi connectivity index (χ1v) is 8.07. The van der Waals surface area contributed by atoms with Crippen LogP contribution in [0.4, 0.5) is 0 Å². The molecule has 1 amide bonds. The zero-order valence-corrected chi connectivity index (χ0v) is 14.6. The maximum absolute atomic E-state index is 11.6. The van der Waals surface area contributed by atoms with Crippen LogP contribution in [0.2, 0.25) is 0 Å². The number of hydrogen-bond donors (Lipinski definition) is 2. The number of amides is 1. The highest BCUT2D eigenvalue weighted by molar-refractivity contribution is 5.85. The van der Waals surface area contributed by atoms with Gasteiger partial charge in [0.05, 0.1) is 18.8 Å². The first-order chi connectivity index (χ1) is 11.3. The van der Waals surface area contributed by atoms with Crippen LogP contribution in [-0.4, -0.2) is 54.0 Å². The van der Waals surface area contributed by atoms with Gasteiger partial charge in [-0.2, -0.15) is 5.10 Å². The number of fused-ring (bicyclic) bond motifs is 1. The summed E-state index contributed by atoms with van der Waals surface area (Å²) in [5, 5.41) is 12.2. The molecule has 0 saturated carbocycles. The summed E-state index contributed by atoms with van der Waals surface area (Å²) in [6, 6.07) is 4.03. The van der Waals surface area contributed by atoms with Gasteiger partial charge in [-0.25, -0.2) is 9.67 Å². The van der Waals surface area contributed by atoms with Crippen molar-refractivity contribution in [1.29, 1.82) is 0 Å². The Bertz CT molecular complexity index is 670. The van der Waals surface area contributed by atoms with Gasteiger partial charge in [0, 0.05) is 44.1 Å². The fourth-order valence-corrected chi connectivity index (χ4v) is 2.96. The number of carbonyl (C=O) groups is 1. The van der Waals surface area contributed by atoms with Crippen LogP contribution in [-0.2, 0) is 16.1 Å². The maximum atomic E-state index is 11.6. The second kappa shape index (κ2) is 8.96. The van der Waals surface area contributed by atoms with Crippen LogP contribution in [0.3, 0.4) is 0 Å². The molecule has 1 fully saturated rings. The lowest BCUT2D eigenvalue weighted by atomic mass is 10.0. The smallest absolute Gasteiger partial charge is 0.222 e. The third kappa shape index (κ3) is 4.23. The second-order valence-electron chi connectivity index (χ2n) is 5.77. The lowest BCUT2D eigenvalue weighted by molar-refractivity contribution is -0.121. The summed E-state index contributed by atoms with van der Waals surface area (Å²) in [5.41, 5.74) is 2.00. The van der Waals surface area contributed by atoms with Gasteiger partial charge in [-0.1, -0.05) is 0 Å². The molecular weight excluding hydrogens is 330 g/mol. The van der Waals surface area contributed by atoms with Crippen LogP contribution >= 0.6 is 12.4 Å². The van der Waals surface area contributed by atoms with E-state index in [1.54, 1.807) is 13.3 Å². The number of pyridine rings is 1. The molecule has 2 N–H and O–H groups in total. The van der Waals surface area contributed by atoms with Crippen LogP contribution in [0.25, 0.3) is 11.0 Å². The number of nitrogens with zero attached hydrogens (tertiary/aromatic N) is 3. The van der Waals surface area contributed by atoms with Crippen molar-refractivity contribution in [3.63, 3.8) is 0 Å². The highest BCUT2D eigenvalue weighted by atomic mass is 35.5. The van der Waals surface area contributed by atoms with Gasteiger partial charge < -0.3 is 15.4 Å². The summed E-state index contributed by atoms with van der Waals surface area (Å²) in [6.45, 7) is 3.60. The minimum atomic E-state index is -0.00325. The van der Waals surface area contributed by atoms with E-state index in [2.05, 4.69) is 21.7 Å². The Hall–Kier alpha value is -1.70. The van der Waals surface area contributed by atoms with Gasteiger partial charge in [-0.3, -0.25) is 4.79 Å². The van der Waals surface area contributed by atoms with Crippen LogP contribution < -0.4 is 10.6 Å². The highest BCUT2D eigenvalue weighted by Crippen LogP contribution is 2.27. The first kappa shape index (κ1) is 18.6. The van der Waals surface area contributed by atoms with Crippen molar-refractivity contribution in [3.8, 4) is 0 Å². The number of hydrogen-bond acceptors (Lipinski definition) is 5. The minimum Gasteiger partial charge on any atom is -0.384 e. The van der Waals surface area contributed by atoms with E-state index in [0.29, 0.717) is 32.0 Å². The van der Waals surface area contributed by atoms with Crippen molar-refractivity contribution in [1.82, 2.24) is 25.4 Å². The van der Waals surface area contributed by atoms with Crippen molar-refractivity contribution in [2.75, 3.05) is 33.4 Å². The number of aromatic nitrogens is 3. The quantitative estimate of drug-likeness (QED) is 0.778. The van der Waals surface area contributed by atoms with Crippen molar-refractivity contribution in [3.05, 3.63) is 24.0 Å². The Morgan fingerprint density at radius 1 is 1.54 bits per heavy atom. The minimum absolute atomic E-state index is 0. The predicted octanol–water partition coefficient (Wildman–Crippen LogP) is 1.08. The highest BCUT2D eigenvalue weighted by Gasteiger charge is 2.23. The largest absolute Gasteiger partial charge is 0.384 e. The van der Waals surface area contributed by atoms with E-state index in [1.165, 1.54) is 0 Å². The van der Waals surface area contributed by atoms with E-state index in [1.807, 2.05) is 10.7 Å². The number of carbonyl (C=O) groups excluding carboxylic acids is 1. The van der Waals surface area contributed by atoms with E-state index >= 15 is 0 Å². The maximum Gasteiger partial charge on any atom is 0.222 e. The van der Waals surface area contributed by atoms with Crippen LogP contribution in [0.5, 0.6) is 0 Å². The molecule has 2 aromatic rings. The third-order valence-corrected chi connectivity index (χ3v) is 4.16. The summed E-state index contributed by atoms with van der Waals surface area (Å²) in [4.78, 5) is 16.1. The molecule has 24 heavy (non-hydrogen) atoms. The van der Waals surface area contributed by atoms with Crippen LogP contribution in [0, 0.1) is 0 Å². The number of methoxy groups -OCH3 is 1. The topological polar surface area (TPSA) is 81.1 Å². The molecule has 1 aliphatic rings. The van der Waals surface area contributed by atoms with Crippen molar-refractivity contribution >= 4 is 29.3 Å². The summed E-state index contributed by atoms with van der Waals surface area (Å²) >= 11 is 0. The molecule has 7 nitrogen and oxygen atoms in total. The van der Waals surface area contributed by atoms with Gasteiger partial charge >= 0.3 is 0 Å². The molecule has 1 aliphatic heterocycles. The van der Waals surface area contributed by atoms with Crippen molar-refractivity contribution < 1.29 is 9.53 Å². The lowest BCUT2D eigenvalue weighted by Gasteiger charge is -2.06. The number of ether oxygens (including phenoxy) is 1. The summed E-state index contributed by atoms with van der Waals surface area (Å²) in [5.74, 6) is 0.440. The molecular formula is C16H24ClN5O2. The van der Waals surface area contributed by atoms with Gasteiger partial charge in [0.15, 0.2) is 5.65 Å². The average Bonchev–Trinajstić information content (AvgIpc) is 3.21. The third-order valence-electron chi connectivity index (χ3n) is 4.16. The normalized spacial score (nSPS) is 17.0. The Kier molecular flexibility index (Phi) is 6.96. The van der Waals surface area contributed by atoms with Crippen LogP contribution in [0.15, 0.2) is 18.3 Å². The van der Waals surface area contributed by atoms with Crippen molar-refractivity contribution in [2.45, 2.75) is 25.3 Å². The number of nitrogens with one attached hydrogen (secondary N) is 2. The van der Waals surface area contributed by atoms with E-state index < -0.39 is 0 Å². The second-order valence-corrected chi connectivity index (χ2v) is 5.77. The van der Waals surface area contributed by atoms with Gasteiger partial charge in [0.25, 0.3) is 0 Å². The van der Waals surface area contributed by atoms with Crippen LogP contribution in [0.1, 0.15) is 24.5 Å². The standard InChI is InChI=1S/C16H23N5O2.ClH/c1-23-10-5-14(22)18-8-9-21-16-13(3-2-6-19-16)15(20-21)12-4-7-17-11-12;/h2-3,6,12,17H,4-5,7-11H2,1H3,(H,18,22);1H. The van der Waals surface area contributed by atoms with Gasteiger partial charge in [-0.15, -0.1) is 12.4 Å². The SMILES string of the molecule is COCCC(=O)NCCn1nc(C2CCNC2)c2cccnc21.Cl.